The lowest BCUT2D eigenvalue weighted by Crippen LogP contribution is -2.53. The van der Waals surface area contributed by atoms with Crippen LogP contribution in [-0.4, -0.2) is 176 Å². The maximum atomic E-state index is 13.3. The molecule has 21 nitrogen and oxygen atoms in total. The number of rotatable bonds is 22. The number of H-pyrrole nitrogens is 1. The van der Waals surface area contributed by atoms with E-state index in [1.165, 1.54) is 4.90 Å². The van der Waals surface area contributed by atoms with Crippen molar-refractivity contribution < 1.29 is 65.2 Å². The molecular weight excluding hydrogens is 738 g/mol. The van der Waals surface area contributed by atoms with E-state index in [1.807, 2.05) is 23.0 Å². The van der Waals surface area contributed by atoms with Crippen molar-refractivity contribution in [2.75, 3.05) is 45.1 Å². The summed E-state index contributed by atoms with van der Waals surface area (Å²) in [5.41, 5.74) is 8.88. The molecule has 0 saturated heterocycles. The number of aromatic amines is 1. The monoisotopic (exact) mass is 792 g/mol. The van der Waals surface area contributed by atoms with Crippen molar-refractivity contribution in [3.63, 3.8) is 0 Å². The Morgan fingerprint density at radius 2 is 1.46 bits per heavy atom. The fourth-order valence-electron chi connectivity index (χ4n) is 6.46. The fourth-order valence-corrected chi connectivity index (χ4v) is 6.46. The minimum Gasteiger partial charge on any atom is -0.394 e. The summed E-state index contributed by atoms with van der Waals surface area (Å²) in [4.78, 5) is 39.3. The molecule has 0 bridgehead atoms. The second-order valence-corrected chi connectivity index (χ2v) is 13.4. The number of benzene rings is 1. The molecule has 0 unspecified atom stereocenters. The number of amides is 2. The van der Waals surface area contributed by atoms with Gasteiger partial charge in [-0.1, -0.05) is 0 Å². The number of aryl methyl sites for hydroxylation is 2. The van der Waals surface area contributed by atoms with Crippen LogP contribution in [0.25, 0.3) is 22.2 Å². The zero-order valence-corrected chi connectivity index (χ0v) is 31.2. The van der Waals surface area contributed by atoms with Gasteiger partial charge >= 0.3 is 0 Å². The number of fused-ring (bicyclic) bond motifs is 2. The number of anilines is 1. The van der Waals surface area contributed by atoms with E-state index in [0.29, 0.717) is 29.8 Å². The number of nitrogens with zero attached hydrogens (tertiary/aromatic N) is 5. The maximum Gasteiger partial charge on any atom is 0.277 e. The molecule has 2 amide bonds. The first-order valence-corrected chi connectivity index (χ1v) is 18.3. The molecule has 3 aromatic heterocycles. The molecule has 3 heterocycles. The van der Waals surface area contributed by atoms with E-state index in [9.17, 15) is 50.4 Å². The first-order valence-electron chi connectivity index (χ1n) is 18.3. The number of nitrogens with one attached hydrogen (secondary N) is 3. The zero-order valence-electron chi connectivity index (χ0n) is 31.2. The molecule has 0 saturated carbocycles. The molecule has 21 heteroatoms. The lowest BCUT2D eigenvalue weighted by Gasteiger charge is -2.33. The Morgan fingerprint density at radius 3 is 2.04 bits per heavy atom. The van der Waals surface area contributed by atoms with Crippen molar-refractivity contribution in [3.05, 3.63) is 47.5 Å². The molecule has 0 fully saturated rings. The molecule has 1 aromatic carbocycles. The first kappa shape index (κ1) is 44.3. The van der Waals surface area contributed by atoms with Gasteiger partial charge in [0.2, 0.25) is 0 Å². The minimum absolute atomic E-state index is 0.00250. The number of aliphatic hydroxyl groups is 10. The number of carbonyl (C=O) groups excluding carboxylic acids is 2. The Hall–Kier alpha value is -4.39. The van der Waals surface area contributed by atoms with Gasteiger partial charge < -0.3 is 72.4 Å². The van der Waals surface area contributed by atoms with Crippen LogP contribution >= 0.6 is 0 Å². The van der Waals surface area contributed by atoms with Crippen LogP contribution in [0.4, 0.5) is 5.82 Å². The van der Waals surface area contributed by atoms with E-state index >= 15 is 0 Å². The van der Waals surface area contributed by atoms with Crippen molar-refractivity contribution in [3.8, 4) is 0 Å². The van der Waals surface area contributed by atoms with Crippen molar-refractivity contribution in [2.45, 2.75) is 88.7 Å². The Kier molecular flexibility index (Phi) is 16.0. The molecule has 56 heavy (non-hydrogen) atoms. The Bertz CT molecular complexity index is 1880. The van der Waals surface area contributed by atoms with Crippen LogP contribution in [0.5, 0.6) is 0 Å². The van der Waals surface area contributed by atoms with E-state index in [-0.39, 0.29) is 37.6 Å². The van der Waals surface area contributed by atoms with E-state index in [4.69, 9.17) is 15.9 Å². The molecule has 0 aliphatic carbocycles. The molecule has 4 rings (SSSR count). The van der Waals surface area contributed by atoms with Crippen LogP contribution in [0.3, 0.4) is 0 Å². The Morgan fingerprint density at radius 1 is 0.857 bits per heavy atom. The standard InChI is InChI=1S/C35H53N9O12/c1-3-43-20-7-6-18(12-21(20)44(4-2)26(43)13-39-35(56)27-32(36)41-33-19(40-27)8-10-37-33)34(55)38-9-5-11-42(14-22(47)28(51)30(53)24(49)16-45)15-23(48)29(52)31(54)25(50)17-46/h6-8,10,12,22-25,28-31,45-54H,3-5,9,11,13-17H2,1-2H3,(H4-,36,37,38,39,40,41,55,56)/p+1/t22-,23-,24+,25+,28+,29+,30+,31+/m0/s1. The number of hydrogen-bond donors (Lipinski definition) is 14. The Labute approximate surface area is 321 Å². The van der Waals surface area contributed by atoms with Gasteiger partial charge in [-0.3, -0.25) is 14.5 Å². The predicted molar refractivity (Wildman–Crippen MR) is 199 cm³/mol. The normalized spacial score (nSPS) is 16.4. The molecular formula is C35H54N9O12+. The molecule has 8 atom stereocenters. The highest BCUT2D eigenvalue weighted by atomic mass is 16.4. The molecule has 310 valence electrons. The number of aliphatic hydroxyl groups excluding tert-OH is 10. The van der Waals surface area contributed by atoms with Gasteiger partial charge in [0, 0.05) is 44.0 Å². The van der Waals surface area contributed by atoms with Crippen molar-refractivity contribution in [1.29, 1.82) is 0 Å². The SMILES string of the molecule is CCn1c(CNC(=O)c2nc3cc[nH]c3nc2N)[n+](CC)c2ccc(C(=O)NCCCN(C[C@H](O)[C@@H](O)[C@H](O)[C@H](O)CO)C[C@H](O)[C@@H](O)[C@H](O)[C@H](O)CO)cc21. The van der Waals surface area contributed by atoms with Gasteiger partial charge in [-0.2, -0.15) is 0 Å². The number of nitrogen functional groups attached to an aromatic ring is 1. The second-order valence-electron chi connectivity index (χ2n) is 13.4. The maximum absolute atomic E-state index is 13.3. The smallest absolute Gasteiger partial charge is 0.277 e. The van der Waals surface area contributed by atoms with E-state index in [2.05, 4.69) is 25.6 Å². The quantitative estimate of drug-likeness (QED) is 0.0262. The summed E-state index contributed by atoms with van der Waals surface area (Å²) < 4.78 is 3.99. The predicted octanol–water partition coefficient (Wildman–Crippen LogP) is -4.95. The van der Waals surface area contributed by atoms with Gasteiger partial charge in [-0.15, -0.1) is 0 Å². The van der Waals surface area contributed by atoms with Gasteiger partial charge in [0.1, 0.15) is 48.7 Å². The van der Waals surface area contributed by atoms with Crippen LogP contribution in [0.1, 0.15) is 46.9 Å². The highest BCUT2D eigenvalue weighted by Crippen LogP contribution is 2.19. The summed E-state index contributed by atoms with van der Waals surface area (Å²) in [5, 5.41) is 105. The molecule has 0 aliphatic heterocycles. The number of carbonyl (C=O) groups is 2. The van der Waals surface area contributed by atoms with Crippen molar-refractivity contribution in [2.24, 2.45) is 0 Å². The number of hydrogen-bond acceptors (Lipinski definition) is 16. The number of imidazole rings is 1. The van der Waals surface area contributed by atoms with Gasteiger partial charge in [-0.25, -0.2) is 19.1 Å². The van der Waals surface area contributed by atoms with E-state index in [1.54, 1.807) is 30.5 Å². The third kappa shape index (κ3) is 10.3. The lowest BCUT2D eigenvalue weighted by atomic mass is 10.0. The molecule has 4 aromatic rings. The summed E-state index contributed by atoms with van der Waals surface area (Å²) in [6, 6.07) is 6.88. The largest absolute Gasteiger partial charge is 0.394 e. The van der Waals surface area contributed by atoms with Gasteiger partial charge in [0.15, 0.2) is 28.2 Å². The van der Waals surface area contributed by atoms with Gasteiger partial charge in [0.25, 0.3) is 17.6 Å². The van der Waals surface area contributed by atoms with Crippen LogP contribution in [-0.2, 0) is 19.6 Å². The average Bonchev–Trinajstić information content (AvgIpc) is 3.79. The van der Waals surface area contributed by atoms with Gasteiger partial charge in [0.05, 0.1) is 38.5 Å². The third-order valence-electron chi connectivity index (χ3n) is 9.59. The summed E-state index contributed by atoms with van der Waals surface area (Å²) in [5.74, 6) is -0.165. The second kappa shape index (κ2) is 20.2. The van der Waals surface area contributed by atoms with Crippen LogP contribution in [0, 0.1) is 0 Å². The molecule has 15 N–H and O–H groups in total. The molecule has 0 aliphatic rings. The number of nitrogens with two attached hydrogens (primary N) is 1. The van der Waals surface area contributed by atoms with Crippen molar-refractivity contribution in [1.82, 2.24) is 35.1 Å². The number of aromatic nitrogens is 5. The molecule has 0 radical (unpaired) electrons. The van der Waals surface area contributed by atoms with Crippen LogP contribution < -0.4 is 20.9 Å². The summed E-state index contributed by atoms with van der Waals surface area (Å²) in [6.07, 6.45) is -12.8. The zero-order chi connectivity index (χ0) is 41.3. The summed E-state index contributed by atoms with van der Waals surface area (Å²) >= 11 is 0. The van der Waals surface area contributed by atoms with Gasteiger partial charge in [-0.05, 0) is 38.5 Å². The molecule has 0 spiro atoms. The highest BCUT2D eigenvalue weighted by Gasteiger charge is 2.34. The van der Waals surface area contributed by atoms with Crippen molar-refractivity contribution >= 4 is 39.8 Å². The minimum atomic E-state index is -1.92. The average molecular weight is 793 g/mol. The van der Waals surface area contributed by atoms with E-state index in [0.717, 1.165) is 16.9 Å². The topological polar surface area (TPSA) is 340 Å². The summed E-state index contributed by atoms with van der Waals surface area (Å²) in [6.45, 7) is 2.57. The van der Waals surface area contributed by atoms with E-state index < -0.39 is 86.9 Å². The fraction of sp³-hybridized carbons (Fsp3) is 0.571. The van der Waals surface area contributed by atoms with Crippen LogP contribution in [0.15, 0.2) is 30.5 Å². The highest BCUT2D eigenvalue weighted by molar-refractivity contribution is 5.98. The van der Waals surface area contributed by atoms with Crippen LogP contribution in [0.2, 0.25) is 0 Å². The lowest BCUT2D eigenvalue weighted by molar-refractivity contribution is -0.676. The Balaban J connectivity index is 1.43. The third-order valence-corrected chi connectivity index (χ3v) is 9.59. The first-order chi connectivity index (χ1) is 26.7. The summed E-state index contributed by atoms with van der Waals surface area (Å²) in [7, 11) is 0.